The van der Waals surface area contributed by atoms with Crippen molar-refractivity contribution in [1.82, 2.24) is 0 Å². The van der Waals surface area contributed by atoms with E-state index >= 15 is 0 Å². The standard InChI is InChI=1S/C4H4F4O.CH3F.2CH4/c1-3(9-2-5)4(6,7)8;1-2;;/h1-2H2;1H3;2*1H4. The van der Waals surface area contributed by atoms with Gasteiger partial charge in [0.25, 0.3) is 0 Å². The predicted octanol–water partition coefficient (Wildman–Crippen LogP) is 3.86. The molecule has 13 heavy (non-hydrogen) atoms. The summed E-state index contributed by atoms with van der Waals surface area (Å²) >= 11 is 0. The molecule has 0 unspecified atom stereocenters. The van der Waals surface area contributed by atoms with E-state index in [-0.39, 0.29) is 14.9 Å². The molecule has 6 heteroatoms. The largest absolute Gasteiger partial charge is 0.458 e. The summed E-state index contributed by atoms with van der Waals surface area (Å²) in [5.74, 6) is -1.51. The van der Waals surface area contributed by atoms with E-state index in [1.54, 1.807) is 0 Å². The molecule has 0 saturated heterocycles. The molecule has 0 saturated carbocycles. The van der Waals surface area contributed by atoms with Gasteiger partial charge < -0.3 is 4.74 Å². The molecule has 0 fully saturated rings. The Balaban J connectivity index is -0.0000000941. The van der Waals surface area contributed by atoms with Crippen LogP contribution in [0.5, 0.6) is 0 Å². The zero-order chi connectivity index (χ0) is 9.49. The summed E-state index contributed by atoms with van der Waals surface area (Å²) in [5.41, 5.74) is 0. The van der Waals surface area contributed by atoms with E-state index in [1.165, 1.54) is 0 Å². The first kappa shape index (κ1) is 22.8. The molecule has 0 atom stereocenters. The Morgan fingerprint density at radius 3 is 1.62 bits per heavy atom. The molecule has 0 radical (unpaired) electrons. The fraction of sp³-hybridized carbons (Fsp3) is 0.714. The van der Waals surface area contributed by atoms with Gasteiger partial charge in [-0.1, -0.05) is 21.4 Å². The van der Waals surface area contributed by atoms with Gasteiger partial charge in [-0.3, -0.25) is 4.39 Å². The molecule has 0 spiro atoms. The zero-order valence-corrected chi connectivity index (χ0v) is 5.71. The minimum Gasteiger partial charge on any atom is -0.458 e. The molecule has 0 aromatic carbocycles. The van der Waals surface area contributed by atoms with E-state index < -0.39 is 18.8 Å². The summed E-state index contributed by atoms with van der Waals surface area (Å²) in [4.78, 5) is 0. The molecular formula is C7H15F5O. The molecule has 0 aromatic heterocycles. The highest BCUT2D eigenvalue weighted by molar-refractivity contribution is 4.90. The molecule has 0 bridgehead atoms. The molecule has 0 aromatic rings. The Hall–Kier alpha value is -0.810. The lowest BCUT2D eigenvalue weighted by atomic mass is 10.6. The molecule has 0 aliphatic carbocycles. The van der Waals surface area contributed by atoms with E-state index in [0.717, 1.165) is 0 Å². The molecule has 0 N–H and O–H groups in total. The van der Waals surface area contributed by atoms with Crippen molar-refractivity contribution in [1.29, 1.82) is 0 Å². The van der Waals surface area contributed by atoms with Crippen LogP contribution in [0.1, 0.15) is 14.9 Å². The molecule has 1 nitrogen and oxygen atoms in total. The fourth-order valence-electron chi connectivity index (χ4n) is 0.148. The maximum absolute atomic E-state index is 11.2. The lowest BCUT2D eigenvalue weighted by Gasteiger charge is -2.07. The molecular weight excluding hydrogens is 195 g/mol. The van der Waals surface area contributed by atoms with Crippen molar-refractivity contribution in [3.63, 3.8) is 0 Å². The van der Waals surface area contributed by atoms with Crippen LogP contribution in [0.15, 0.2) is 12.3 Å². The first-order valence-corrected chi connectivity index (χ1v) is 2.31. The summed E-state index contributed by atoms with van der Waals surface area (Å²) < 4.78 is 57.6. The van der Waals surface area contributed by atoms with Crippen LogP contribution in [0.25, 0.3) is 0 Å². The third-order valence-electron chi connectivity index (χ3n) is 0.545. The third-order valence-corrected chi connectivity index (χ3v) is 0.545. The highest BCUT2D eigenvalue weighted by Crippen LogP contribution is 2.24. The van der Waals surface area contributed by atoms with Gasteiger partial charge in [0, 0.05) is 0 Å². The number of allylic oxidation sites excluding steroid dienone is 1. The Morgan fingerprint density at radius 2 is 1.54 bits per heavy atom. The van der Waals surface area contributed by atoms with Gasteiger partial charge in [0.15, 0.2) is 5.76 Å². The van der Waals surface area contributed by atoms with E-state index in [2.05, 4.69) is 11.3 Å². The van der Waals surface area contributed by atoms with Gasteiger partial charge in [-0.25, -0.2) is 4.39 Å². The summed E-state index contributed by atoms with van der Waals surface area (Å²) in [7, 11) is 0.500. The quantitative estimate of drug-likeness (QED) is 0.496. The molecule has 84 valence electrons. The van der Waals surface area contributed by atoms with Crippen LogP contribution in [-0.4, -0.2) is 20.2 Å². The monoisotopic (exact) mass is 210 g/mol. The Bertz CT molecular complexity index is 110. The van der Waals surface area contributed by atoms with E-state index in [1.807, 2.05) is 0 Å². The van der Waals surface area contributed by atoms with Crippen molar-refractivity contribution in [2.75, 3.05) is 14.0 Å². The predicted molar refractivity (Wildman–Crippen MR) is 42.7 cm³/mol. The fourth-order valence-corrected chi connectivity index (χ4v) is 0.148. The first-order valence-electron chi connectivity index (χ1n) is 2.31. The van der Waals surface area contributed by atoms with Crippen LogP contribution in [0.2, 0.25) is 0 Å². The van der Waals surface area contributed by atoms with Crippen LogP contribution in [0, 0.1) is 0 Å². The minimum absolute atomic E-state index is 0. The lowest BCUT2D eigenvalue weighted by molar-refractivity contribution is -0.137. The van der Waals surface area contributed by atoms with Crippen molar-refractivity contribution in [3.05, 3.63) is 12.3 Å². The van der Waals surface area contributed by atoms with E-state index in [0.29, 0.717) is 7.18 Å². The van der Waals surface area contributed by atoms with E-state index in [9.17, 15) is 22.0 Å². The van der Waals surface area contributed by atoms with Crippen LogP contribution in [-0.2, 0) is 4.74 Å². The van der Waals surface area contributed by atoms with Crippen molar-refractivity contribution < 1.29 is 26.7 Å². The normalized spacial score (nSPS) is 8.15. The maximum atomic E-state index is 11.2. The molecule has 0 amide bonds. The summed E-state index contributed by atoms with van der Waals surface area (Å²) in [6, 6.07) is 0. The van der Waals surface area contributed by atoms with Crippen LogP contribution in [0.3, 0.4) is 0 Å². The van der Waals surface area contributed by atoms with Gasteiger partial charge in [0.2, 0.25) is 6.86 Å². The summed E-state index contributed by atoms with van der Waals surface area (Å²) in [6.07, 6.45) is -4.65. The van der Waals surface area contributed by atoms with Crippen LogP contribution < -0.4 is 0 Å². The highest BCUT2D eigenvalue weighted by Gasteiger charge is 2.33. The van der Waals surface area contributed by atoms with Gasteiger partial charge >= 0.3 is 6.18 Å². The Morgan fingerprint density at radius 1 is 1.23 bits per heavy atom. The highest BCUT2D eigenvalue weighted by atomic mass is 19.4. The average Bonchev–Trinajstić information content (AvgIpc) is 1.91. The Kier molecular flexibility index (Phi) is 19.6. The number of ether oxygens (including phenoxy) is 1. The molecule has 0 aliphatic heterocycles. The van der Waals surface area contributed by atoms with Crippen molar-refractivity contribution >= 4 is 0 Å². The molecule has 0 aliphatic rings. The summed E-state index contributed by atoms with van der Waals surface area (Å²) in [5, 5.41) is 0. The van der Waals surface area contributed by atoms with Crippen molar-refractivity contribution in [2.45, 2.75) is 21.0 Å². The van der Waals surface area contributed by atoms with Gasteiger partial charge in [0.05, 0.1) is 7.18 Å². The molecule has 0 heterocycles. The third kappa shape index (κ3) is 14.1. The second-order valence-electron chi connectivity index (χ2n) is 1.17. The topological polar surface area (TPSA) is 9.23 Å². The average molecular weight is 210 g/mol. The number of halogens is 5. The Labute approximate surface area is 75.2 Å². The molecule has 0 rings (SSSR count). The van der Waals surface area contributed by atoms with Crippen LogP contribution >= 0.6 is 0 Å². The smallest absolute Gasteiger partial charge is 0.448 e. The van der Waals surface area contributed by atoms with Gasteiger partial charge in [-0.05, 0) is 0 Å². The van der Waals surface area contributed by atoms with Gasteiger partial charge in [-0.2, -0.15) is 13.2 Å². The van der Waals surface area contributed by atoms with Crippen molar-refractivity contribution in [2.24, 2.45) is 0 Å². The lowest BCUT2D eigenvalue weighted by Crippen LogP contribution is -2.12. The second kappa shape index (κ2) is 11.2. The second-order valence-corrected chi connectivity index (χ2v) is 1.17. The maximum Gasteiger partial charge on any atom is 0.448 e. The first-order chi connectivity index (χ1) is 4.98. The number of hydrogen-bond donors (Lipinski definition) is 0. The SMILES string of the molecule is C.C.C=C(OCF)C(F)(F)F.CF. The van der Waals surface area contributed by atoms with Crippen LogP contribution in [0.4, 0.5) is 22.0 Å². The van der Waals surface area contributed by atoms with E-state index in [4.69, 9.17) is 0 Å². The summed E-state index contributed by atoms with van der Waals surface area (Å²) in [6.45, 7) is 0.927. The van der Waals surface area contributed by atoms with Crippen molar-refractivity contribution in [3.8, 4) is 0 Å². The van der Waals surface area contributed by atoms with Gasteiger partial charge in [-0.15, -0.1) is 0 Å². The minimum atomic E-state index is -4.65. The van der Waals surface area contributed by atoms with Gasteiger partial charge in [0.1, 0.15) is 0 Å². The number of rotatable bonds is 2. The number of alkyl halides is 5. The zero-order valence-electron chi connectivity index (χ0n) is 5.71. The number of hydrogen-bond acceptors (Lipinski definition) is 1.